The number of likely N-dealkylation sites (tertiary alicyclic amines) is 1. The van der Waals surface area contributed by atoms with E-state index in [1.54, 1.807) is 0 Å². The molecule has 0 aromatic carbocycles. The molecule has 1 N–H and O–H groups in total. The summed E-state index contributed by atoms with van der Waals surface area (Å²) in [6.07, 6.45) is 0.974. The van der Waals surface area contributed by atoms with E-state index in [4.69, 9.17) is 14.8 Å². The molecular formula is C16H24N6O3. The molecule has 3 rings (SSSR count). The molecule has 1 amide bonds. The molecular weight excluding hydrogens is 324 g/mol. The summed E-state index contributed by atoms with van der Waals surface area (Å²) in [7, 11) is 1.99. The SMILES string of the molecule is CCn1c(N(C)C(C)C)nc2c(OC3CCN(C(=O)O)C3)ncnc21. The lowest BCUT2D eigenvalue weighted by Crippen LogP contribution is -2.29. The van der Waals surface area contributed by atoms with Gasteiger partial charge in [0, 0.05) is 32.6 Å². The van der Waals surface area contributed by atoms with Crippen LogP contribution < -0.4 is 9.64 Å². The highest BCUT2D eigenvalue weighted by molar-refractivity contribution is 5.79. The number of nitrogens with zero attached hydrogens (tertiary/aromatic N) is 6. The van der Waals surface area contributed by atoms with Gasteiger partial charge >= 0.3 is 6.09 Å². The highest BCUT2D eigenvalue weighted by Gasteiger charge is 2.29. The van der Waals surface area contributed by atoms with Crippen molar-refractivity contribution in [1.82, 2.24) is 24.4 Å². The average molecular weight is 348 g/mol. The van der Waals surface area contributed by atoms with E-state index in [1.165, 1.54) is 11.2 Å². The fourth-order valence-electron chi connectivity index (χ4n) is 2.94. The largest absolute Gasteiger partial charge is 0.471 e. The van der Waals surface area contributed by atoms with E-state index in [1.807, 2.05) is 18.5 Å². The molecule has 1 unspecified atom stereocenters. The Morgan fingerprint density at radius 3 is 2.84 bits per heavy atom. The van der Waals surface area contributed by atoms with Crippen LogP contribution in [0.25, 0.3) is 11.2 Å². The molecule has 25 heavy (non-hydrogen) atoms. The van der Waals surface area contributed by atoms with Crippen LogP contribution in [-0.4, -0.2) is 67.9 Å². The normalized spacial score (nSPS) is 17.5. The predicted molar refractivity (Wildman–Crippen MR) is 93.2 cm³/mol. The first kappa shape index (κ1) is 17.2. The number of imidazole rings is 1. The minimum Gasteiger partial charge on any atom is -0.471 e. The van der Waals surface area contributed by atoms with E-state index in [-0.39, 0.29) is 6.10 Å². The smallest absolute Gasteiger partial charge is 0.407 e. The van der Waals surface area contributed by atoms with Gasteiger partial charge in [-0.1, -0.05) is 0 Å². The number of hydrogen-bond acceptors (Lipinski definition) is 6. The lowest BCUT2D eigenvalue weighted by atomic mass is 10.3. The Hall–Kier alpha value is -2.58. The molecule has 1 fully saturated rings. The minimum atomic E-state index is -0.921. The summed E-state index contributed by atoms with van der Waals surface area (Å²) in [6.45, 7) is 7.79. The Morgan fingerprint density at radius 2 is 2.24 bits per heavy atom. The third kappa shape index (κ3) is 3.18. The first-order valence-corrected chi connectivity index (χ1v) is 8.51. The van der Waals surface area contributed by atoms with Crippen LogP contribution in [0.1, 0.15) is 27.2 Å². The number of rotatable bonds is 5. The molecule has 9 heteroatoms. The summed E-state index contributed by atoms with van der Waals surface area (Å²) < 4.78 is 8.00. The Bertz CT molecular complexity index is 775. The van der Waals surface area contributed by atoms with Crippen molar-refractivity contribution in [2.24, 2.45) is 0 Å². The number of aryl methyl sites for hydroxylation is 1. The monoisotopic (exact) mass is 348 g/mol. The van der Waals surface area contributed by atoms with Crippen LogP contribution in [0.4, 0.5) is 10.7 Å². The van der Waals surface area contributed by atoms with E-state index in [0.717, 1.165) is 18.1 Å². The molecule has 0 spiro atoms. The van der Waals surface area contributed by atoms with E-state index in [0.29, 0.717) is 36.9 Å². The van der Waals surface area contributed by atoms with Crippen molar-refractivity contribution in [2.75, 3.05) is 25.0 Å². The highest BCUT2D eigenvalue weighted by Crippen LogP contribution is 2.28. The zero-order valence-electron chi connectivity index (χ0n) is 15.0. The number of hydrogen-bond donors (Lipinski definition) is 1. The van der Waals surface area contributed by atoms with Gasteiger partial charge in [-0.05, 0) is 20.8 Å². The quantitative estimate of drug-likeness (QED) is 0.880. The Labute approximate surface area is 146 Å². The Kier molecular flexibility index (Phi) is 4.65. The Morgan fingerprint density at radius 1 is 1.48 bits per heavy atom. The minimum absolute atomic E-state index is 0.216. The molecule has 2 aromatic heterocycles. The van der Waals surface area contributed by atoms with Crippen molar-refractivity contribution in [3.63, 3.8) is 0 Å². The number of ether oxygens (including phenoxy) is 1. The van der Waals surface area contributed by atoms with Gasteiger partial charge < -0.3 is 19.6 Å². The van der Waals surface area contributed by atoms with Gasteiger partial charge in [0.1, 0.15) is 12.4 Å². The van der Waals surface area contributed by atoms with Crippen LogP contribution in [-0.2, 0) is 6.54 Å². The fraction of sp³-hybridized carbons (Fsp3) is 0.625. The van der Waals surface area contributed by atoms with Gasteiger partial charge in [0.15, 0.2) is 11.2 Å². The van der Waals surface area contributed by atoms with Gasteiger partial charge in [0.05, 0.1) is 6.54 Å². The van der Waals surface area contributed by atoms with Gasteiger partial charge in [-0.2, -0.15) is 4.98 Å². The summed E-state index contributed by atoms with van der Waals surface area (Å²) >= 11 is 0. The fourth-order valence-corrected chi connectivity index (χ4v) is 2.94. The molecule has 1 atom stereocenters. The second-order valence-electron chi connectivity index (χ2n) is 6.47. The zero-order chi connectivity index (χ0) is 18.1. The average Bonchev–Trinajstić information content (AvgIpc) is 3.18. The molecule has 0 saturated carbocycles. The van der Waals surface area contributed by atoms with Crippen molar-refractivity contribution in [3.8, 4) is 5.88 Å². The van der Waals surface area contributed by atoms with E-state index >= 15 is 0 Å². The molecule has 1 aliphatic rings. The second-order valence-corrected chi connectivity index (χ2v) is 6.47. The summed E-state index contributed by atoms with van der Waals surface area (Å²) in [5.41, 5.74) is 1.34. The standard InChI is InChI=1S/C16H24N6O3/c1-5-22-13-12(19-15(22)20(4)10(2)3)14(18-9-17-13)25-11-6-7-21(8-11)16(23)24/h9-11H,5-8H2,1-4H3,(H,23,24). The number of anilines is 1. The molecule has 0 bridgehead atoms. The van der Waals surface area contributed by atoms with Crippen LogP contribution in [0.5, 0.6) is 5.88 Å². The summed E-state index contributed by atoms with van der Waals surface area (Å²) in [6, 6.07) is 0.290. The van der Waals surface area contributed by atoms with Crippen molar-refractivity contribution >= 4 is 23.2 Å². The van der Waals surface area contributed by atoms with Crippen molar-refractivity contribution in [2.45, 2.75) is 45.9 Å². The van der Waals surface area contributed by atoms with Gasteiger partial charge in [0.25, 0.3) is 0 Å². The van der Waals surface area contributed by atoms with Crippen LogP contribution in [0.2, 0.25) is 0 Å². The van der Waals surface area contributed by atoms with Crippen molar-refractivity contribution in [3.05, 3.63) is 6.33 Å². The van der Waals surface area contributed by atoms with Gasteiger partial charge in [-0.15, -0.1) is 0 Å². The summed E-state index contributed by atoms with van der Waals surface area (Å²) in [5.74, 6) is 1.23. The maximum atomic E-state index is 11.1. The van der Waals surface area contributed by atoms with Crippen LogP contribution in [0, 0.1) is 0 Å². The third-order valence-electron chi connectivity index (χ3n) is 4.58. The number of carbonyl (C=O) groups is 1. The van der Waals surface area contributed by atoms with Crippen LogP contribution in [0.3, 0.4) is 0 Å². The number of carboxylic acid groups (broad SMARTS) is 1. The van der Waals surface area contributed by atoms with E-state index in [9.17, 15) is 4.79 Å². The first-order chi connectivity index (χ1) is 11.9. The first-order valence-electron chi connectivity index (χ1n) is 8.51. The summed E-state index contributed by atoms with van der Waals surface area (Å²) in [4.78, 5) is 27.8. The van der Waals surface area contributed by atoms with Crippen molar-refractivity contribution < 1.29 is 14.6 Å². The van der Waals surface area contributed by atoms with Gasteiger partial charge in [-0.25, -0.2) is 14.8 Å². The molecule has 136 valence electrons. The van der Waals surface area contributed by atoms with Gasteiger partial charge in [0.2, 0.25) is 11.8 Å². The van der Waals surface area contributed by atoms with Gasteiger partial charge in [-0.3, -0.25) is 4.57 Å². The Balaban J connectivity index is 1.93. The lowest BCUT2D eigenvalue weighted by Gasteiger charge is -2.22. The maximum absolute atomic E-state index is 11.1. The highest BCUT2D eigenvalue weighted by atomic mass is 16.5. The second kappa shape index (κ2) is 6.73. The van der Waals surface area contributed by atoms with Crippen LogP contribution >= 0.6 is 0 Å². The molecule has 2 aromatic rings. The van der Waals surface area contributed by atoms with Crippen LogP contribution in [0.15, 0.2) is 6.33 Å². The maximum Gasteiger partial charge on any atom is 0.407 e. The molecule has 3 heterocycles. The summed E-state index contributed by atoms with van der Waals surface area (Å²) in [5, 5.41) is 9.08. The third-order valence-corrected chi connectivity index (χ3v) is 4.58. The van der Waals surface area contributed by atoms with Crippen molar-refractivity contribution in [1.29, 1.82) is 0 Å². The zero-order valence-corrected chi connectivity index (χ0v) is 15.0. The van der Waals surface area contributed by atoms with E-state index in [2.05, 4.69) is 28.7 Å². The predicted octanol–water partition coefficient (Wildman–Crippen LogP) is 1.82. The molecule has 1 aliphatic heterocycles. The topological polar surface area (TPSA) is 96.6 Å². The van der Waals surface area contributed by atoms with E-state index < -0.39 is 6.09 Å². The molecule has 1 saturated heterocycles. The molecule has 0 aliphatic carbocycles. The molecule has 9 nitrogen and oxygen atoms in total. The number of aromatic nitrogens is 4. The number of amides is 1. The number of fused-ring (bicyclic) bond motifs is 1. The molecule has 0 radical (unpaired) electrons. The lowest BCUT2D eigenvalue weighted by molar-refractivity contribution is 0.145.